The highest BCUT2D eigenvalue weighted by atomic mass is 16.5. The van der Waals surface area contributed by atoms with Gasteiger partial charge in [-0.2, -0.15) is 0 Å². The predicted octanol–water partition coefficient (Wildman–Crippen LogP) is 0.692. The maximum absolute atomic E-state index is 11.0. The lowest BCUT2D eigenvalue weighted by Crippen LogP contribution is -2.28. The van der Waals surface area contributed by atoms with E-state index in [4.69, 9.17) is 9.84 Å². The molecule has 0 rings (SSSR count). The highest BCUT2D eigenvalue weighted by Gasteiger charge is 1.99. The van der Waals surface area contributed by atoms with Gasteiger partial charge in [-0.25, -0.2) is 0 Å². The Labute approximate surface area is 85.6 Å². The van der Waals surface area contributed by atoms with Crippen LogP contribution >= 0.6 is 0 Å². The summed E-state index contributed by atoms with van der Waals surface area (Å²) in [6.07, 6.45) is 4.61. The number of unbranched alkanes of at least 4 members (excludes halogenated alkanes) is 3. The molecule has 1 amide bonds. The van der Waals surface area contributed by atoms with Crippen LogP contribution in [0.3, 0.4) is 0 Å². The van der Waals surface area contributed by atoms with Gasteiger partial charge in [0.1, 0.15) is 6.61 Å². The van der Waals surface area contributed by atoms with Crippen molar-refractivity contribution in [3.63, 3.8) is 0 Å². The molecule has 0 aliphatic heterocycles. The first-order valence-electron chi connectivity index (χ1n) is 5.26. The zero-order chi connectivity index (χ0) is 10.6. The van der Waals surface area contributed by atoms with Gasteiger partial charge >= 0.3 is 0 Å². The van der Waals surface area contributed by atoms with E-state index in [1.165, 1.54) is 12.8 Å². The predicted molar refractivity (Wildman–Crippen MR) is 55.1 cm³/mol. The fraction of sp³-hybridized carbons (Fsp3) is 0.900. The maximum atomic E-state index is 11.0. The zero-order valence-corrected chi connectivity index (χ0v) is 8.92. The summed E-state index contributed by atoms with van der Waals surface area (Å²) >= 11 is 0. The van der Waals surface area contributed by atoms with Gasteiger partial charge in [0.25, 0.3) is 0 Å². The minimum atomic E-state index is -0.102. The first kappa shape index (κ1) is 13.4. The molecule has 0 saturated heterocycles. The van der Waals surface area contributed by atoms with Gasteiger partial charge in [0.05, 0.1) is 13.2 Å². The van der Waals surface area contributed by atoms with Crippen LogP contribution < -0.4 is 5.32 Å². The summed E-state index contributed by atoms with van der Waals surface area (Å²) in [6.45, 7) is 3.12. The zero-order valence-electron chi connectivity index (χ0n) is 8.92. The van der Waals surface area contributed by atoms with Gasteiger partial charge < -0.3 is 15.2 Å². The van der Waals surface area contributed by atoms with Crippen molar-refractivity contribution in [3.05, 3.63) is 0 Å². The number of carbonyl (C=O) groups excluding carboxylic acids is 1. The third kappa shape index (κ3) is 9.48. The number of ether oxygens (including phenoxy) is 1. The van der Waals surface area contributed by atoms with E-state index in [2.05, 4.69) is 12.2 Å². The van der Waals surface area contributed by atoms with Crippen molar-refractivity contribution in [1.29, 1.82) is 0 Å². The number of aliphatic hydroxyl groups is 1. The quantitative estimate of drug-likeness (QED) is 0.542. The number of carbonyl (C=O) groups is 1. The lowest BCUT2D eigenvalue weighted by atomic mass is 10.2. The molecule has 2 N–H and O–H groups in total. The summed E-state index contributed by atoms with van der Waals surface area (Å²) in [5.74, 6) is -0.102. The third-order valence-electron chi connectivity index (χ3n) is 1.82. The van der Waals surface area contributed by atoms with E-state index in [1.807, 2.05) is 0 Å². The number of aliphatic hydroxyl groups excluding tert-OH is 1. The number of hydrogen-bond donors (Lipinski definition) is 2. The number of amides is 1. The second kappa shape index (κ2) is 10.5. The normalized spacial score (nSPS) is 10.1. The first-order valence-corrected chi connectivity index (χ1v) is 5.26. The maximum Gasteiger partial charge on any atom is 0.245 e. The summed E-state index contributed by atoms with van der Waals surface area (Å²) in [6, 6.07) is 0. The van der Waals surface area contributed by atoms with E-state index in [-0.39, 0.29) is 25.7 Å². The summed E-state index contributed by atoms with van der Waals surface area (Å²) in [5.41, 5.74) is 0. The van der Waals surface area contributed by atoms with E-state index >= 15 is 0 Å². The molecule has 84 valence electrons. The SMILES string of the molecule is CCCCCCNC(=O)COCCO. The average Bonchev–Trinajstić information content (AvgIpc) is 2.18. The second-order valence-corrected chi connectivity index (χ2v) is 3.19. The number of hydrogen-bond acceptors (Lipinski definition) is 3. The van der Waals surface area contributed by atoms with Crippen LogP contribution in [0.25, 0.3) is 0 Å². The summed E-state index contributed by atoms with van der Waals surface area (Å²) in [7, 11) is 0. The number of nitrogens with one attached hydrogen (secondary N) is 1. The van der Waals surface area contributed by atoms with Crippen LogP contribution in [0.15, 0.2) is 0 Å². The molecule has 0 fully saturated rings. The molecule has 0 aromatic heterocycles. The first-order chi connectivity index (χ1) is 6.81. The fourth-order valence-electron chi connectivity index (χ4n) is 1.06. The van der Waals surface area contributed by atoms with Crippen molar-refractivity contribution >= 4 is 5.91 Å². The second-order valence-electron chi connectivity index (χ2n) is 3.19. The molecule has 0 atom stereocenters. The molecule has 0 bridgehead atoms. The van der Waals surface area contributed by atoms with Gasteiger partial charge in [0.2, 0.25) is 5.91 Å². The molecule has 0 aromatic carbocycles. The van der Waals surface area contributed by atoms with Gasteiger partial charge in [0.15, 0.2) is 0 Å². The monoisotopic (exact) mass is 203 g/mol. The van der Waals surface area contributed by atoms with Crippen LogP contribution in [0, 0.1) is 0 Å². The van der Waals surface area contributed by atoms with E-state index in [9.17, 15) is 4.79 Å². The van der Waals surface area contributed by atoms with Crippen molar-refractivity contribution in [1.82, 2.24) is 5.32 Å². The lowest BCUT2D eigenvalue weighted by Gasteiger charge is -2.04. The Hall–Kier alpha value is -0.610. The van der Waals surface area contributed by atoms with Gasteiger partial charge in [-0.1, -0.05) is 26.2 Å². The van der Waals surface area contributed by atoms with Crippen LogP contribution in [0.2, 0.25) is 0 Å². The van der Waals surface area contributed by atoms with Crippen LogP contribution in [-0.2, 0) is 9.53 Å². The number of rotatable bonds is 9. The molecule has 4 nitrogen and oxygen atoms in total. The summed E-state index contributed by atoms with van der Waals surface area (Å²) in [4.78, 5) is 11.0. The summed E-state index contributed by atoms with van der Waals surface area (Å²) in [5, 5.41) is 11.2. The van der Waals surface area contributed by atoms with Gasteiger partial charge in [0, 0.05) is 6.54 Å². The van der Waals surface area contributed by atoms with E-state index < -0.39 is 0 Å². The van der Waals surface area contributed by atoms with Crippen LogP contribution in [0.5, 0.6) is 0 Å². The molecule has 0 aliphatic carbocycles. The standard InChI is InChI=1S/C10H21NO3/c1-2-3-4-5-6-11-10(13)9-14-8-7-12/h12H,2-9H2,1H3,(H,11,13). The van der Waals surface area contributed by atoms with Crippen molar-refractivity contribution in [2.24, 2.45) is 0 Å². The average molecular weight is 203 g/mol. The minimum Gasteiger partial charge on any atom is -0.394 e. The minimum absolute atomic E-state index is 0.0379. The highest BCUT2D eigenvalue weighted by Crippen LogP contribution is 1.96. The van der Waals surface area contributed by atoms with Crippen molar-refractivity contribution in [3.8, 4) is 0 Å². The molecule has 0 radical (unpaired) electrons. The van der Waals surface area contributed by atoms with Gasteiger partial charge in [-0.3, -0.25) is 4.79 Å². The van der Waals surface area contributed by atoms with E-state index in [0.29, 0.717) is 0 Å². The van der Waals surface area contributed by atoms with Gasteiger partial charge in [-0.05, 0) is 6.42 Å². The molecular weight excluding hydrogens is 182 g/mol. The Kier molecular flexibility index (Phi) is 10.0. The molecule has 14 heavy (non-hydrogen) atoms. The Morgan fingerprint density at radius 2 is 2.14 bits per heavy atom. The van der Waals surface area contributed by atoms with Crippen molar-refractivity contribution < 1.29 is 14.6 Å². The Bertz CT molecular complexity index is 139. The third-order valence-corrected chi connectivity index (χ3v) is 1.82. The summed E-state index contributed by atoms with van der Waals surface area (Å²) < 4.78 is 4.86. The smallest absolute Gasteiger partial charge is 0.245 e. The molecule has 0 aliphatic rings. The van der Waals surface area contributed by atoms with E-state index in [0.717, 1.165) is 19.4 Å². The molecule has 0 unspecified atom stereocenters. The molecule has 0 spiro atoms. The molecule has 4 heteroatoms. The van der Waals surface area contributed by atoms with E-state index in [1.54, 1.807) is 0 Å². The molecule has 0 aromatic rings. The molecule has 0 heterocycles. The van der Waals surface area contributed by atoms with Crippen LogP contribution in [0.1, 0.15) is 32.6 Å². The fourth-order valence-corrected chi connectivity index (χ4v) is 1.06. The highest BCUT2D eigenvalue weighted by molar-refractivity contribution is 5.77. The lowest BCUT2D eigenvalue weighted by molar-refractivity contribution is -0.125. The van der Waals surface area contributed by atoms with Crippen LogP contribution in [0.4, 0.5) is 0 Å². The topological polar surface area (TPSA) is 58.6 Å². The Morgan fingerprint density at radius 3 is 2.79 bits per heavy atom. The Morgan fingerprint density at radius 1 is 1.36 bits per heavy atom. The Balaban J connectivity index is 3.10. The van der Waals surface area contributed by atoms with Crippen LogP contribution in [-0.4, -0.2) is 37.4 Å². The van der Waals surface area contributed by atoms with Gasteiger partial charge in [-0.15, -0.1) is 0 Å². The van der Waals surface area contributed by atoms with Crippen molar-refractivity contribution in [2.45, 2.75) is 32.6 Å². The molecule has 0 saturated carbocycles. The van der Waals surface area contributed by atoms with Crippen molar-refractivity contribution in [2.75, 3.05) is 26.4 Å². The largest absolute Gasteiger partial charge is 0.394 e. The molecular formula is C10H21NO3.